The Balaban J connectivity index is 2.80. The van der Waals surface area contributed by atoms with Crippen molar-refractivity contribution in [3.8, 4) is 0 Å². The monoisotopic (exact) mass is 154 g/mol. The molecule has 0 saturated heterocycles. The van der Waals surface area contributed by atoms with Gasteiger partial charge in [-0.05, 0) is 0 Å². The average molecular weight is 154 g/mol. The Hall–Kier alpha value is -1.32. The van der Waals surface area contributed by atoms with Gasteiger partial charge in [0.2, 0.25) is 11.8 Å². The van der Waals surface area contributed by atoms with E-state index in [4.69, 9.17) is 0 Å². The molecule has 1 heterocycles. The molecule has 0 saturated carbocycles. The third-order valence-electron chi connectivity index (χ3n) is 1.60. The maximum Gasteiger partial charge on any atom is 0.235 e. The highest BCUT2D eigenvalue weighted by atomic mass is 16.2. The van der Waals surface area contributed by atoms with Gasteiger partial charge in [-0.1, -0.05) is 0 Å². The fourth-order valence-corrected chi connectivity index (χ4v) is 0.745. The SMILES string of the molecule is CN1C=CN(C)C(=O)CC1=O. The van der Waals surface area contributed by atoms with Crippen molar-refractivity contribution >= 4 is 11.8 Å². The van der Waals surface area contributed by atoms with Crippen molar-refractivity contribution < 1.29 is 9.59 Å². The van der Waals surface area contributed by atoms with Crippen LogP contribution in [0, 0.1) is 0 Å². The van der Waals surface area contributed by atoms with E-state index in [1.54, 1.807) is 26.5 Å². The van der Waals surface area contributed by atoms with Crippen molar-refractivity contribution in [3.63, 3.8) is 0 Å². The molecule has 4 heteroatoms. The molecule has 1 aliphatic rings. The lowest BCUT2D eigenvalue weighted by atomic mass is 10.3. The zero-order valence-electron chi connectivity index (χ0n) is 6.57. The maximum atomic E-state index is 11.0. The molecule has 1 aliphatic heterocycles. The van der Waals surface area contributed by atoms with Crippen LogP contribution in [0.15, 0.2) is 12.4 Å². The van der Waals surface area contributed by atoms with Gasteiger partial charge in [-0.15, -0.1) is 0 Å². The fourth-order valence-electron chi connectivity index (χ4n) is 0.745. The van der Waals surface area contributed by atoms with Crippen LogP contribution in [0.25, 0.3) is 0 Å². The van der Waals surface area contributed by atoms with Gasteiger partial charge in [-0.3, -0.25) is 9.59 Å². The first-order valence-electron chi connectivity index (χ1n) is 3.31. The van der Waals surface area contributed by atoms with Crippen LogP contribution in [-0.4, -0.2) is 35.7 Å². The minimum atomic E-state index is -0.171. The molecule has 0 N–H and O–H groups in total. The Labute approximate surface area is 65.1 Å². The summed E-state index contributed by atoms with van der Waals surface area (Å²) in [7, 11) is 3.26. The van der Waals surface area contributed by atoms with Crippen molar-refractivity contribution in [1.82, 2.24) is 9.80 Å². The summed E-state index contributed by atoms with van der Waals surface area (Å²) in [6.45, 7) is 0. The lowest BCUT2D eigenvalue weighted by Crippen LogP contribution is -2.25. The van der Waals surface area contributed by atoms with Gasteiger partial charge in [0.05, 0.1) is 0 Å². The van der Waals surface area contributed by atoms with E-state index >= 15 is 0 Å². The zero-order valence-corrected chi connectivity index (χ0v) is 6.57. The van der Waals surface area contributed by atoms with Gasteiger partial charge in [0.25, 0.3) is 0 Å². The highest BCUT2D eigenvalue weighted by Gasteiger charge is 2.17. The first kappa shape index (κ1) is 7.78. The second kappa shape index (κ2) is 2.74. The Bertz CT molecular complexity index is 200. The fraction of sp³-hybridized carbons (Fsp3) is 0.429. The van der Waals surface area contributed by atoms with E-state index < -0.39 is 0 Å². The second-order valence-electron chi connectivity index (χ2n) is 2.48. The molecule has 0 atom stereocenters. The number of carbonyl (C=O) groups is 2. The summed E-state index contributed by atoms with van der Waals surface area (Å²) in [5.41, 5.74) is 0. The Morgan fingerprint density at radius 1 is 1.09 bits per heavy atom. The molecule has 4 nitrogen and oxygen atoms in total. The summed E-state index contributed by atoms with van der Waals surface area (Å²) in [4.78, 5) is 24.8. The van der Waals surface area contributed by atoms with Gasteiger partial charge in [-0.25, -0.2) is 0 Å². The molecule has 0 aromatic carbocycles. The normalized spacial score (nSPS) is 19.1. The minimum Gasteiger partial charge on any atom is -0.320 e. The molecule has 0 fully saturated rings. The molecule has 0 radical (unpaired) electrons. The number of hydrogen-bond acceptors (Lipinski definition) is 2. The molecule has 2 amide bonds. The molecule has 0 aromatic heterocycles. The largest absolute Gasteiger partial charge is 0.320 e. The van der Waals surface area contributed by atoms with E-state index in [1.165, 1.54) is 9.80 Å². The number of amides is 2. The predicted octanol–water partition coefficient (Wildman–Crippen LogP) is -0.222. The van der Waals surface area contributed by atoms with Crippen molar-refractivity contribution in [1.29, 1.82) is 0 Å². The quantitative estimate of drug-likeness (QED) is 0.452. The molecule has 11 heavy (non-hydrogen) atoms. The molecule has 0 unspecified atom stereocenters. The van der Waals surface area contributed by atoms with Crippen LogP contribution < -0.4 is 0 Å². The van der Waals surface area contributed by atoms with Crippen LogP contribution >= 0.6 is 0 Å². The summed E-state index contributed by atoms with van der Waals surface area (Å²) >= 11 is 0. The van der Waals surface area contributed by atoms with Crippen LogP contribution in [0.4, 0.5) is 0 Å². The third kappa shape index (κ3) is 1.58. The lowest BCUT2D eigenvalue weighted by molar-refractivity contribution is -0.135. The van der Waals surface area contributed by atoms with Crippen LogP contribution in [0.5, 0.6) is 0 Å². The summed E-state index contributed by atoms with van der Waals surface area (Å²) in [6.07, 6.45) is 3.11. The summed E-state index contributed by atoms with van der Waals surface area (Å²) < 4.78 is 0. The second-order valence-corrected chi connectivity index (χ2v) is 2.48. The summed E-state index contributed by atoms with van der Waals surface area (Å²) in [5, 5.41) is 0. The van der Waals surface area contributed by atoms with Gasteiger partial charge < -0.3 is 9.80 Å². The van der Waals surface area contributed by atoms with Crippen molar-refractivity contribution in [2.45, 2.75) is 6.42 Å². The zero-order chi connectivity index (χ0) is 8.43. The Kier molecular flexibility index (Phi) is 1.94. The third-order valence-corrected chi connectivity index (χ3v) is 1.60. The van der Waals surface area contributed by atoms with E-state index in [0.717, 1.165) is 0 Å². The van der Waals surface area contributed by atoms with Gasteiger partial charge in [-0.2, -0.15) is 0 Å². The standard InChI is InChI=1S/C7H10N2O2/c1-8-3-4-9(2)7(11)5-6(8)10/h3-4H,5H2,1-2H3. The van der Waals surface area contributed by atoms with Gasteiger partial charge >= 0.3 is 0 Å². The highest BCUT2D eigenvalue weighted by Crippen LogP contribution is 2.02. The van der Waals surface area contributed by atoms with E-state index in [-0.39, 0.29) is 18.2 Å². The number of carbonyl (C=O) groups excluding carboxylic acids is 2. The summed E-state index contributed by atoms with van der Waals surface area (Å²) in [5.74, 6) is -0.341. The van der Waals surface area contributed by atoms with Crippen molar-refractivity contribution in [3.05, 3.63) is 12.4 Å². The minimum absolute atomic E-state index is 0.0417. The molecule has 0 aromatic rings. The van der Waals surface area contributed by atoms with Crippen molar-refractivity contribution in [2.24, 2.45) is 0 Å². The van der Waals surface area contributed by atoms with Crippen LogP contribution in [-0.2, 0) is 9.59 Å². The first-order chi connectivity index (χ1) is 5.11. The topological polar surface area (TPSA) is 40.6 Å². The summed E-state index contributed by atoms with van der Waals surface area (Å²) in [6, 6.07) is 0. The van der Waals surface area contributed by atoms with Gasteiger partial charge in [0, 0.05) is 26.5 Å². The predicted molar refractivity (Wildman–Crippen MR) is 39.3 cm³/mol. The molecule has 1 rings (SSSR count). The number of rotatable bonds is 0. The molecule has 0 aliphatic carbocycles. The smallest absolute Gasteiger partial charge is 0.235 e. The number of hydrogen-bond donors (Lipinski definition) is 0. The van der Waals surface area contributed by atoms with Crippen molar-refractivity contribution in [2.75, 3.05) is 14.1 Å². The molecular weight excluding hydrogens is 144 g/mol. The van der Waals surface area contributed by atoms with E-state index in [9.17, 15) is 9.59 Å². The molecular formula is C7H10N2O2. The van der Waals surface area contributed by atoms with Gasteiger partial charge in [0.1, 0.15) is 6.42 Å². The molecule has 0 spiro atoms. The molecule has 0 bridgehead atoms. The van der Waals surface area contributed by atoms with Crippen LogP contribution in [0.1, 0.15) is 6.42 Å². The van der Waals surface area contributed by atoms with E-state index in [0.29, 0.717) is 0 Å². The average Bonchev–Trinajstić information content (AvgIpc) is 2.05. The Morgan fingerprint density at radius 2 is 1.45 bits per heavy atom. The first-order valence-corrected chi connectivity index (χ1v) is 3.31. The van der Waals surface area contributed by atoms with E-state index in [2.05, 4.69) is 0 Å². The van der Waals surface area contributed by atoms with Crippen LogP contribution in [0.3, 0.4) is 0 Å². The maximum absolute atomic E-state index is 11.0. The van der Waals surface area contributed by atoms with E-state index in [1.807, 2.05) is 0 Å². The molecule has 60 valence electrons. The lowest BCUT2D eigenvalue weighted by Gasteiger charge is -2.07. The highest BCUT2D eigenvalue weighted by molar-refractivity contribution is 5.98. The number of nitrogens with zero attached hydrogens (tertiary/aromatic N) is 2. The van der Waals surface area contributed by atoms with Gasteiger partial charge in [0.15, 0.2) is 0 Å². The Morgan fingerprint density at radius 3 is 1.82 bits per heavy atom. The van der Waals surface area contributed by atoms with Crippen LogP contribution in [0.2, 0.25) is 0 Å².